The Morgan fingerprint density at radius 1 is 1.25 bits per heavy atom. The maximum absolute atomic E-state index is 12.9. The van der Waals surface area contributed by atoms with Crippen molar-refractivity contribution in [3.8, 4) is 5.75 Å². The first kappa shape index (κ1) is 16.1. The molecular formula is C19H21N3O2. The van der Waals surface area contributed by atoms with Crippen LogP contribution in [-0.2, 0) is 6.42 Å². The number of anilines is 1. The number of carbonyl (C=O) groups excluding carboxylic acids is 1. The molecule has 0 saturated carbocycles. The molecule has 2 heterocycles. The van der Waals surface area contributed by atoms with E-state index in [4.69, 9.17) is 4.74 Å². The van der Waals surface area contributed by atoms with Gasteiger partial charge in [0.1, 0.15) is 17.1 Å². The summed E-state index contributed by atoms with van der Waals surface area (Å²) >= 11 is 0. The minimum atomic E-state index is -0.185. The summed E-state index contributed by atoms with van der Waals surface area (Å²) in [6, 6.07) is 11.4. The Balaban J connectivity index is 2.00. The minimum absolute atomic E-state index is 0.185. The Labute approximate surface area is 141 Å². The van der Waals surface area contributed by atoms with Gasteiger partial charge in [0.25, 0.3) is 5.91 Å². The van der Waals surface area contributed by atoms with Crippen LogP contribution in [0.15, 0.2) is 42.6 Å². The van der Waals surface area contributed by atoms with E-state index in [-0.39, 0.29) is 5.91 Å². The fraction of sp³-hybridized carbons (Fsp3) is 0.263. The molecule has 5 heteroatoms. The second-order valence-corrected chi connectivity index (χ2v) is 5.58. The number of carbonyl (C=O) groups is 1. The van der Waals surface area contributed by atoms with E-state index in [1.54, 1.807) is 0 Å². The Morgan fingerprint density at radius 3 is 2.79 bits per heavy atom. The van der Waals surface area contributed by atoms with Gasteiger partial charge in [0.05, 0.1) is 18.0 Å². The number of nitrogens with zero attached hydrogens (tertiary/aromatic N) is 2. The van der Waals surface area contributed by atoms with Gasteiger partial charge in [-0.05, 0) is 50.1 Å². The van der Waals surface area contributed by atoms with Crippen molar-refractivity contribution in [3.05, 3.63) is 59.5 Å². The van der Waals surface area contributed by atoms with E-state index in [0.29, 0.717) is 30.2 Å². The molecule has 1 N–H and O–H groups in total. The highest BCUT2D eigenvalue weighted by Crippen LogP contribution is 2.25. The maximum atomic E-state index is 12.9. The summed E-state index contributed by atoms with van der Waals surface area (Å²) in [6.07, 6.45) is 2.58. The standard InChI is InChI=1S/C19H21N3O2/c1-4-14-18(22-11-10-13(3)12-17(22)20-14)19(23)21-15-8-6-7-9-16(15)24-5-2/h6-12H,4-5H2,1-3H3,(H,21,23). The molecule has 3 aromatic rings. The number of para-hydroxylation sites is 2. The SMILES string of the molecule is CCOc1ccccc1NC(=O)c1c(CC)nc2cc(C)ccn12. The van der Waals surface area contributed by atoms with Crippen LogP contribution in [0.2, 0.25) is 0 Å². The predicted octanol–water partition coefficient (Wildman–Crippen LogP) is 3.86. The van der Waals surface area contributed by atoms with Gasteiger partial charge >= 0.3 is 0 Å². The molecule has 0 aliphatic rings. The molecule has 0 spiro atoms. The number of ether oxygens (including phenoxy) is 1. The number of hydrogen-bond acceptors (Lipinski definition) is 3. The molecule has 0 saturated heterocycles. The van der Waals surface area contributed by atoms with E-state index in [1.807, 2.05) is 67.8 Å². The highest BCUT2D eigenvalue weighted by Gasteiger charge is 2.19. The maximum Gasteiger partial charge on any atom is 0.274 e. The monoisotopic (exact) mass is 323 g/mol. The van der Waals surface area contributed by atoms with Gasteiger partial charge < -0.3 is 10.1 Å². The number of aromatic nitrogens is 2. The summed E-state index contributed by atoms with van der Waals surface area (Å²) in [5.41, 5.74) is 3.91. The molecule has 0 unspecified atom stereocenters. The number of pyridine rings is 1. The zero-order valence-electron chi connectivity index (χ0n) is 14.2. The second kappa shape index (κ2) is 6.74. The Hall–Kier alpha value is -2.82. The Morgan fingerprint density at radius 2 is 2.04 bits per heavy atom. The molecule has 24 heavy (non-hydrogen) atoms. The molecule has 0 aliphatic carbocycles. The molecule has 0 bridgehead atoms. The summed E-state index contributed by atoms with van der Waals surface area (Å²) in [4.78, 5) is 17.5. The van der Waals surface area contributed by atoms with Crippen LogP contribution in [0.4, 0.5) is 5.69 Å². The van der Waals surface area contributed by atoms with Crippen LogP contribution >= 0.6 is 0 Å². The zero-order valence-corrected chi connectivity index (χ0v) is 14.2. The summed E-state index contributed by atoms with van der Waals surface area (Å²) in [6.45, 7) is 6.47. The number of hydrogen-bond donors (Lipinski definition) is 1. The van der Waals surface area contributed by atoms with E-state index in [9.17, 15) is 4.79 Å². The van der Waals surface area contributed by atoms with Crippen molar-refractivity contribution in [2.45, 2.75) is 27.2 Å². The molecule has 124 valence electrons. The highest BCUT2D eigenvalue weighted by molar-refractivity contribution is 6.05. The second-order valence-electron chi connectivity index (χ2n) is 5.58. The fourth-order valence-electron chi connectivity index (χ4n) is 2.71. The molecule has 0 aliphatic heterocycles. The average molecular weight is 323 g/mol. The fourth-order valence-corrected chi connectivity index (χ4v) is 2.71. The van der Waals surface area contributed by atoms with E-state index < -0.39 is 0 Å². The van der Waals surface area contributed by atoms with Gasteiger partial charge in [-0.2, -0.15) is 0 Å². The van der Waals surface area contributed by atoms with Gasteiger partial charge in [-0.1, -0.05) is 19.1 Å². The summed E-state index contributed by atoms with van der Waals surface area (Å²) in [7, 11) is 0. The van der Waals surface area contributed by atoms with Crippen molar-refractivity contribution in [2.75, 3.05) is 11.9 Å². The molecule has 0 fully saturated rings. The lowest BCUT2D eigenvalue weighted by atomic mass is 10.2. The molecule has 2 aromatic heterocycles. The van der Waals surface area contributed by atoms with Crippen molar-refractivity contribution < 1.29 is 9.53 Å². The predicted molar refractivity (Wildman–Crippen MR) is 94.9 cm³/mol. The number of amides is 1. The third-order valence-electron chi connectivity index (χ3n) is 3.84. The average Bonchev–Trinajstić information content (AvgIpc) is 2.94. The number of rotatable bonds is 5. The smallest absolute Gasteiger partial charge is 0.274 e. The van der Waals surface area contributed by atoms with E-state index in [2.05, 4.69) is 10.3 Å². The van der Waals surface area contributed by atoms with Crippen molar-refractivity contribution in [3.63, 3.8) is 0 Å². The van der Waals surface area contributed by atoms with E-state index in [0.717, 1.165) is 16.9 Å². The van der Waals surface area contributed by atoms with Gasteiger partial charge in [0.2, 0.25) is 0 Å². The third-order valence-corrected chi connectivity index (χ3v) is 3.84. The first-order valence-corrected chi connectivity index (χ1v) is 8.14. The van der Waals surface area contributed by atoms with Crippen molar-refractivity contribution in [1.82, 2.24) is 9.38 Å². The topological polar surface area (TPSA) is 55.6 Å². The van der Waals surface area contributed by atoms with Crippen LogP contribution in [0.25, 0.3) is 5.65 Å². The minimum Gasteiger partial charge on any atom is -0.492 e. The lowest BCUT2D eigenvalue weighted by Gasteiger charge is -2.11. The van der Waals surface area contributed by atoms with Gasteiger partial charge in [-0.15, -0.1) is 0 Å². The molecule has 1 aromatic carbocycles. The number of aryl methyl sites for hydroxylation is 2. The first-order chi connectivity index (χ1) is 11.6. The molecule has 1 amide bonds. The summed E-state index contributed by atoms with van der Waals surface area (Å²) in [5.74, 6) is 0.478. The van der Waals surface area contributed by atoms with E-state index in [1.165, 1.54) is 0 Å². The quantitative estimate of drug-likeness (QED) is 0.776. The number of imidazole rings is 1. The van der Waals surface area contributed by atoms with Gasteiger partial charge in [0.15, 0.2) is 0 Å². The van der Waals surface area contributed by atoms with Crippen molar-refractivity contribution in [1.29, 1.82) is 0 Å². The van der Waals surface area contributed by atoms with Crippen LogP contribution in [0.1, 0.15) is 35.6 Å². The van der Waals surface area contributed by atoms with E-state index >= 15 is 0 Å². The van der Waals surface area contributed by atoms with Gasteiger partial charge in [0, 0.05) is 6.20 Å². The lowest BCUT2D eigenvalue weighted by molar-refractivity contribution is 0.102. The zero-order chi connectivity index (χ0) is 17.1. The van der Waals surface area contributed by atoms with Crippen LogP contribution in [0.5, 0.6) is 5.75 Å². The van der Waals surface area contributed by atoms with Crippen LogP contribution in [0.3, 0.4) is 0 Å². The Bertz CT molecular complexity index is 883. The lowest BCUT2D eigenvalue weighted by Crippen LogP contribution is -2.17. The molecule has 3 rings (SSSR count). The number of nitrogens with one attached hydrogen (secondary N) is 1. The van der Waals surface area contributed by atoms with Crippen molar-refractivity contribution in [2.24, 2.45) is 0 Å². The first-order valence-electron chi connectivity index (χ1n) is 8.14. The van der Waals surface area contributed by atoms with Gasteiger partial charge in [-0.3, -0.25) is 9.20 Å². The van der Waals surface area contributed by atoms with Crippen LogP contribution < -0.4 is 10.1 Å². The van der Waals surface area contributed by atoms with Gasteiger partial charge in [-0.25, -0.2) is 4.98 Å². The largest absolute Gasteiger partial charge is 0.492 e. The van der Waals surface area contributed by atoms with Crippen LogP contribution in [0, 0.1) is 6.92 Å². The van der Waals surface area contributed by atoms with Crippen LogP contribution in [-0.4, -0.2) is 21.9 Å². The van der Waals surface area contributed by atoms with Crippen molar-refractivity contribution >= 4 is 17.2 Å². The summed E-state index contributed by atoms with van der Waals surface area (Å²) in [5, 5.41) is 2.95. The highest BCUT2D eigenvalue weighted by atomic mass is 16.5. The molecular weight excluding hydrogens is 302 g/mol. The Kier molecular flexibility index (Phi) is 4.51. The molecule has 0 radical (unpaired) electrons. The number of benzene rings is 1. The third kappa shape index (κ3) is 2.97. The number of fused-ring (bicyclic) bond motifs is 1. The summed E-state index contributed by atoms with van der Waals surface area (Å²) < 4.78 is 7.42. The molecule has 0 atom stereocenters. The molecule has 5 nitrogen and oxygen atoms in total. The normalized spacial score (nSPS) is 10.8.